The van der Waals surface area contributed by atoms with Crippen molar-refractivity contribution in [1.82, 2.24) is 14.5 Å². The van der Waals surface area contributed by atoms with Crippen LogP contribution in [0.5, 0.6) is 0 Å². The van der Waals surface area contributed by atoms with Gasteiger partial charge in [0, 0.05) is 25.0 Å². The summed E-state index contributed by atoms with van der Waals surface area (Å²) in [4.78, 5) is 11.7. The number of aromatic nitrogens is 2. The van der Waals surface area contributed by atoms with Crippen molar-refractivity contribution in [2.45, 2.75) is 32.5 Å². The molecule has 0 spiro atoms. The van der Waals surface area contributed by atoms with E-state index in [-0.39, 0.29) is 11.7 Å². The maximum Gasteiger partial charge on any atom is 0.328 e. The van der Waals surface area contributed by atoms with Crippen molar-refractivity contribution in [2.24, 2.45) is 0 Å². The average Bonchev–Trinajstić information content (AvgIpc) is 2.48. The Morgan fingerprint density at radius 1 is 1.47 bits per heavy atom. The van der Waals surface area contributed by atoms with Crippen LogP contribution in [-0.2, 0) is 6.54 Å². The number of likely N-dealkylation sites (N-methyl/N-ethyl adjacent to an activating group) is 1. The molecule has 0 aromatic carbocycles. The molecule has 86 valence electrons. The average molecular weight is 213 g/mol. The second-order valence-electron chi connectivity index (χ2n) is 3.95. The highest BCUT2D eigenvalue weighted by atomic mass is 16.3. The third-order valence-corrected chi connectivity index (χ3v) is 2.28. The van der Waals surface area contributed by atoms with E-state index in [0.717, 1.165) is 0 Å². The predicted octanol–water partition coefficient (Wildman–Crippen LogP) is -0.189. The molecule has 1 rings (SSSR count). The van der Waals surface area contributed by atoms with Crippen molar-refractivity contribution >= 4 is 0 Å². The number of aliphatic hydroxyl groups is 1. The van der Waals surface area contributed by atoms with E-state index in [9.17, 15) is 9.90 Å². The fourth-order valence-corrected chi connectivity index (χ4v) is 1.49. The Hall–Kier alpha value is -1.07. The normalized spacial score (nSPS) is 13.4. The molecule has 5 heteroatoms. The molecule has 0 radical (unpaired) electrons. The summed E-state index contributed by atoms with van der Waals surface area (Å²) < 4.78 is 3.17. The fourth-order valence-electron chi connectivity index (χ4n) is 1.49. The summed E-state index contributed by atoms with van der Waals surface area (Å²) in [5, 5.41) is 12.4. The molecule has 5 nitrogen and oxygen atoms in total. The van der Waals surface area contributed by atoms with Gasteiger partial charge < -0.3 is 10.4 Å². The zero-order chi connectivity index (χ0) is 11.4. The molecule has 1 aromatic rings. The van der Waals surface area contributed by atoms with Crippen LogP contribution in [0.15, 0.2) is 17.2 Å². The van der Waals surface area contributed by atoms with E-state index in [1.165, 1.54) is 4.57 Å². The molecule has 0 aliphatic heterocycles. The van der Waals surface area contributed by atoms with Gasteiger partial charge in [-0.25, -0.2) is 4.79 Å². The molecule has 1 heterocycles. The lowest BCUT2D eigenvalue weighted by Gasteiger charge is -2.10. The second-order valence-corrected chi connectivity index (χ2v) is 3.95. The molecule has 0 aliphatic rings. The zero-order valence-electron chi connectivity index (χ0n) is 9.47. The first-order chi connectivity index (χ1) is 7.06. The Morgan fingerprint density at radius 3 is 2.60 bits per heavy atom. The summed E-state index contributed by atoms with van der Waals surface area (Å²) in [6.07, 6.45) is 2.93. The minimum Gasteiger partial charge on any atom is -0.390 e. The van der Waals surface area contributed by atoms with Crippen molar-refractivity contribution in [3.05, 3.63) is 22.9 Å². The van der Waals surface area contributed by atoms with Crippen molar-refractivity contribution in [3.8, 4) is 0 Å². The SMILES string of the molecule is CNCC(O)Cn1ccn(C(C)C)c1=O. The number of aliphatic hydroxyl groups excluding tert-OH is 1. The fraction of sp³-hybridized carbons (Fsp3) is 0.700. The number of imidazole rings is 1. The summed E-state index contributed by atoms with van der Waals surface area (Å²) in [6.45, 7) is 4.73. The summed E-state index contributed by atoms with van der Waals surface area (Å²) in [6, 6.07) is 0.153. The first-order valence-corrected chi connectivity index (χ1v) is 5.16. The number of hydrogen-bond acceptors (Lipinski definition) is 3. The second kappa shape index (κ2) is 5.14. The molecule has 0 aliphatic carbocycles. The number of nitrogens with one attached hydrogen (secondary N) is 1. The topological polar surface area (TPSA) is 59.2 Å². The largest absolute Gasteiger partial charge is 0.390 e. The van der Waals surface area contributed by atoms with Gasteiger partial charge in [-0.05, 0) is 20.9 Å². The van der Waals surface area contributed by atoms with Crippen LogP contribution in [0.3, 0.4) is 0 Å². The molecule has 1 unspecified atom stereocenters. The molecule has 0 fully saturated rings. The van der Waals surface area contributed by atoms with E-state index in [4.69, 9.17) is 0 Å². The van der Waals surface area contributed by atoms with Crippen LogP contribution in [0.2, 0.25) is 0 Å². The van der Waals surface area contributed by atoms with E-state index in [0.29, 0.717) is 13.1 Å². The van der Waals surface area contributed by atoms with E-state index in [1.54, 1.807) is 24.0 Å². The van der Waals surface area contributed by atoms with Gasteiger partial charge in [0.25, 0.3) is 0 Å². The van der Waals surface area contributed by atoms with Gasteiger partial charge in [-0.1, -0.05) is 0 Å². The van der Waals surface area contributed by atoms with Crippen LogP contribution in [-0.4, -0.2) is 33.9 Å². The van der Waals surface area contributed by atoms with Gasteiger partial charge in [0.15, 0.2) is 0 Å². The van der Waals surface area contributed by atoms with Crippen molar-refractivity contribution in [3.63, 3.8) is 0 Å². The van der Waals surface area contributed by atoms with Gasteiger partial charge in [0.2, 0.25) is 0 Å². The number of nitrogens with zero attached hydrogens (tertiary/aromatic N) is 2. The van der Waals surface area contributed by atoms with Crippen LogP contribution in [0.1, 0.15) is 19.9 Å². The van der Waals surface area contributed by atoms with Crippen LogP contribution in [0.4, 0.5) is 0 Å². The quantitative estimate of drug-likeness (QED) is 0.713. The van der Waals surface area contributed by atoms with Crippen LogP contribution in [0, 0.1) is 0 Å². The number of rotatable bonds is 5. The molecular formula is C10H19N3O2. The van der Waals surface area contributed by atoms with Gasteiger partial charge in [-0.15, -0.1) is 0 Å². The van der Waals surface area contributed by atoms with Gasteiger partial charge in [-0.3, -0.25) is 9.13 Å². The van der Waals surface area contributed by atoms with Crippen molar-refractivity contribution in [1.29, 1.82) is 0 Å². The smallest absolute Gasteiger partial charge is 0.328 e. The lowest BCUT2D eigenvalue weighted by Crippen LogP contribution is -2.33. The summed E-state index contributed by atoms with van der Waals surface area (Å²) in [5.74, 6) is 0. The molecule has 2 N–H and O–H groups in total. The lowest BCUT2D eigenvalue weighted by molar-refractivity contribution is 0.152. The highest BCUT2D eigenvalue weighted by molar-refractivity contribution is 4.84. The lowest BCUT2D eigenvalue weighted by atomic mass is 10.3. The van der Waals surface area contributed by atoms with Gasteiger partial charge in [0.05, 0.1) is 12.6 Å². The molecular weight excluding hydrogens is 194 g/mol. The van der Waals surface area contributed by atoms with Crippen LogP contribution >= 0.6 is 0 Å². The first kappa shape index (κ1) is 12.0. The highest BCUT2D eigenvalue weighted by Gasteiger charge is 2.09. The predicted molar refractivity (Wildman–Crippen MR) is 59.0 cm³/mol. The third kappa shape index (κ3) is 2.94. The first-order valence-electron chi connectivity index (χ1n) is 5.16. The molecule has 0 amide bonds. The Bertz CT molecular complexity index is 354. The zero-order valence-corrected chi connectivity index (χ0v) is 9.47. The van der Waals surface area contributed by atoms with E-state index in [2.05, 4.69) is 5.32 Å². The van der Waals surface area contributed by atoms with Crippen LogP contribution in [0.25, 0.3) is 0 Å². The Labute approximate surface area is 89.3 Å². The maximum absolute atomic E-state index is 11.7. The Morgan fingerprint density at radius 2 is 2.13 bits per heavy atom. The molecule has 1 aromatic heterocycles. The molecule has 0 bridgehead atoms. The minimum atomic E-state index is -0.532. The molecule has 1 atom stereocenters. The summed E-state index contributed by atoms with van der Waals surface area (Å²) in [7, 11) is 1.77. The van der Waals surface area contributed by atoms with Crippen LogP contribution < -0.4 is 11.0 Å². The van der Waals surface area contributed by atoms with Crippen molar-refractivity contribution in [2.75, 3.05) is 13.6 Å². The molecule has 0 saturated heterocycles. The van der Waals surface area contributed by atoms with Gasteiger partial charge in [-0.2, -0.15) is 0 Å². The standard InChI is InChI=1S/C10H19N3O2/c1-8(2)13-5-4-12(10(13)15)7-9(14)6-11-3/h4-5,8-9,11,14H,6-7H2,1-3H3. The number of hydrogen-bond donors (Lipinski definition) is 2. The third-order valence-electron chi connectivity index (χ3n) is 2.28. The van der Waals surface area contributed by atoms with E-state index < -0.39 is 6.10 Å². The molecule has 0 saturated carbocycles. The van der Waals surface area contributed by atoms with Gasteiger partial charge >= 0.3 is 5.69 Å². The summed E-state index contributed by atoms with van der Waals surface area (Å²) in [5.41, 5.74) is -0.0693. The van der Waals surface area contributed by atoms with E-state index in [1.807, 2.05) is 13.8 Å². The minimum absolute atomic E-state index is 0.0693. The maximum atomic E-state index is 11.7. The van der Waals surface area contributed by atoms with E-state index >= 15 is 0 Å². The highest BCUT2D eigenvalue weighted by Crippen LogP contribution is 1.99. The Balaban J connectivity index is 2.75. The Kier molecular flexibility index (Phi) is 4.11. The van der Waals surface area contributed by atoms with Gasteiger partial charge in [0.1, 0.15) is 0 Å². The molecule has 15 heavy (non-hydrogen) atoms. The monoisotopic (exact) mass is 213 g/mol. The summed E-state index contributed by atoms with van der Waals surface area (Å²) >= 11 is 0. The van der Waals surface area contributed by atoms with Crippen molar-refractivity contribution < 1.29 is 5.11 Å².